The van der Waals surface area contributed by atoms with E-state index >= 15 is 0 Å². The van der Waals surface area contributed by atoms with E-state index in [1.807, 2.05) is 0 Å². The smallest absolute Gasteiger partial charge is 0.343 e. The van der Waals surface area contributed by atoms with E-state index in [9.17, 15) is 24.0 Å². The number of carbonyl (C=O) groups excluding carboxylic acids is 5. The maximum absolute atomic E-state index is 13.2. The molecule has 4 aromatic rings. The van der Waals surface area contributed by atoms with Crippen molar-refractivity contribution in [1.29, 1.82) is 0 Å². The largest absolute Gasteiger partial charge is 0.457 e. The first kappa shape index (κ1) is 36.7. The van der Waals surface area contributed by atoms with Crippen molar-refractivity contribution in [2.24, 2.45) is 0 Å². The SMILES string of the molecule is C=CC(=O)OCOc1ccc(C(=O)Oc2ccc(-c3ccc(OCOC(=O)C=C)cc3)cc2OC(=O)c2ccc(OCOC(=O)C=C)cc2)cc1. The van der Waals surface area contributed by atoms with E-state index in [-0.39, 0.29) is 43.0 Å². The zero-order valence-electron chi connectivity index (χ0n) is 26.9. The Bertz CT molecular complexity index is 1890. The summed E-state index contributed by atoms with van der Waals surface area (Å²) in [6.07, 6.45) is 3.02. The molecule has 0 atom stereocenters. The van der Waals surface area contributed by atoms with Gasteiger partial charge in [-0.05, 0) is 83.9 Å². The molecule has 0 aliphatic carbocycles. The number of ether oxygens (including phenoxy) is 8. The first-order chi connectivity index (χ1) is 24.7. The molecule has 0 aliphatic rings. The number of rotatable bonds is 17. The monoisotopic (exact) mass is 694 g/mol. The summed E-state index contributed by atoms with van der Waals surface area (Å²) in [6, 6.07) is 23.1. The predicted octanol–water partition coefficient (Wildman–Crippen LogP) is 5.99. The van der Waals surface area contributed by atoms with Crippen LogP contribution in [0.3, 0.4) is 0 Å². The number of carbonyl (C=O) groups is 5. The van der Waals surface area contributed by atoms with Gasteiger partial charge in [-0.1, -0.05) is 37.9 Å². The van der Waals surface area contributed by atoms with Gasteiger partial charge in [0.15, 0.2) is 11.5 Å². The van der Waals surface area contributed by atoms with Crippen LogP contribution in [0.2, 0.25) is 0 Å². The van der Waals surface area contributed by atoms with Gasteiger partial charge < -0.3 is 37.9 Å². The number of hydrogen-bond donors (Lipinski definition) is 0. The third-order valence-corrected chi connectivity index (χ3v) is 6.50. The summed E-state index contributed by atoms with van der Waals surface area (Å²) >= 11 is 0. The Hall–Kier alpha value is -7.15. The van der Waals surface area contributed by atoms with E-state index in [0.717, 1.165) is 18.2 Å². The second kappa shape index (κ2) is 18.4. The van der Waals surface area contributed by atoms with E-state index < -0.39 is 29.8 Å². The van der Waals surface area contributed by atoms with Crippen LogP contribution in [0.5, 0.6) is 28.7 Å². The van der Waals surface area contributed by atoms with E-state index in [1.54, 1.807) is 30.3 Å². The van der Waals surface area contributed by atoms with Crippen LogP contribution in [-0.4, -0.2) is 50.2 Å². The van der Waals surface area contributed by atoms with Gasteiger partial charge in [0.2, 0.25) is 20.4 Å². The van der Waals surface area contributed by atoms with Gasteiger partial charge in [-0.2, -0.15) is 0 Å². The molecule has 0 amide bonds. The van der Waals surface area contributed by atoms with E-state index in [4.69, 9.17) is 37.9 Å². The van der Waals surface area contributed by atoms with Crippen LogP contribution < -0.4 is 23.7 Å². The van der Waals surface area contributed by atoms with Crippen molar-refractivity contribution >= 4 is 29.8 Å². The van der Waals surface area contributed by atoms with Crippen LogP contribution in [0.4, 0.5) is 0 Å². The maximum atomic E-state index is 13.2. The Kier molecular flexibility index (Phi) is 13.2. The van der Waals surface area contributed by atoms with Crippen LogP contribution in [0.25, 0.3) is 11.1 Å². The summed E-state index contributed by atoms with van der Waals surface area (Å²) in [7, 11) is 0. The lowest BCUT2D eigenvalue weighted by atomic mass is 10.0. The van der Waals surface area contributed by atoms with Crippen LogP contribution in [0, 0.1) is 0 Å². The standard InChI is InChI=1S/C38H30O13/c1-4-34(39)47-22-44-29-14-7-25(8-15-29)28-13-20-32(50-37(42)26-9-16-30(17-10-26)45-23-48-35(40)5-2)33(21-28)51-38(43)27-11-18-31(19-12-27)46-24-49-36(41)6-3/h4-21H,1-3,22-24H2. The molecule has 0 radical (unpaired) electrons. The Balaban J connectivity index is 1.52. The first-order valence-electron chi connectivity index (χ1n) is 14.8. The molecule has 4 aromatic carbocycles. The van der Waals surface area contributed by atoms with Crippen molar-refractivity contribution in [3.63, 3.8) is 0 Å². The van der Waals surface area contributed by atoms with Crippen LogP contribution >= 0.6 is 0 Å². The summed E-state index contributed by atoms with van der Waals surface area (Å²) in [5.41, 5.74) is 1.57. The van der Waals surface area contributed by atoms with Crippen molar-refractivity contribution in [3.05, 3.63) is 140 Å². The molecule has 0 saturated heterocycles. The fraction of sp³-hybridized carbons (Fsp3) is 0.0789. The summed E-state index contributed by atoms with van der Waals surface area (Å²) in [4.78, 5) is 60.0. The molecular formula is C38H30O13. The molecule has 0 fully saturated rings. The van der Waals surface area contributed by atoms with Crippen molar-refractivity contribution in [3.8, 4) is 39.9 Å². The Morgan fingerprint density at radius 3 is 1.20 bits per heavy atom. The van der Waals surface area contributed by atoms with Crippen molar-refractivity contribution in [1.82, 2.24) is 0 Å². The molecule has 0 spiro atoms. The fourth-order valence-corrected chi connectivity index (χ4v) is 3.93. The second-order valence-corrected chi connectivity index (χ2v) is 9.80. The molecule has 0 heterocycles. The number of hydrogen-bond acceptors (Lipinski definition) is 13. The molecule has 0 aromatic heterocycles. The zero-order chi connectivity index (χ0) is 36.6. The predicted molar refractivity (Wildman–Crippen MR) is 180 cm³/mol. The normalized spacial score (nSPS) is 10.0. The molecule has 0 aliphatic heterocycles. The minimum atomic E-state index is -0.773. The Morgan fingerprint density at radius 2 is 0.804 bits per heavy atom. The third-order valence-electron chi connectivity index (χ3n) is 6.50. The lowest BCUT2D eigenvalue weighted by Gasteiger charge is -2.14. The summed E-state index contributed by atoms with van der Waals surface area (Å²) in [6.45, 7) is 8.91. The average molecular weight is 695 g/mol. The van der Waals surface area contributed by atoms with Crippen LogP contribution in [0.1, 0.15) is 20.7 Å². The molecule has 260 valence electrons. The molecule has 51 heavy (non-hydrogen) atoms. The molecule has 0 bridgehead atoms. The van der Waals surface area contributed by atoms with Gasteiger partial charge in [-0.25, -0.2) is 24.0 Å². The topological polar surface area (TPSA) is 159 Å². The minimum absolute atomic E-state index is 0.0539. The van der Waals surface area contributed by atoms with Crippen molar-refractivity contribution in [2.45, 2.75) is 0 Å². The third kappa shape index (κ3) is 11.2. The van der Waals surface area contributed by atoms with Gasteiger partial charge in [0.1, 0.15) is 17.2 Å². The lowest BCUT2D eigenvalue weighted by Crippen LogP contribution is -2.13. The number of esters is 5. The van der Waals surface area contributed by atoms with E-state index in [1.165, 1.54) is 60.7 Å². The van der Waals surface area contributed by atoms with Gasteiger partial charge in [-0.15, -0.1) is 0 Å². The number of benzene rings is 4. The minimum Gasteiger partial charge on any atom is -0.457 e. The lowest BCUT2D eigenvalue weighted by molar-refractivity contribution is -0.145. The highest BCUT2D eigenvalue weighted by molar-refractivity contribution is 5.94. The highest BCUT2D eigenvalue weighted by Gasteiger charge is 2.18. The van der Waals surface area contributed by atoms with Gasteiger partial charge in [0.05, 0.1) is 11.1 Å². The molecule has 0 N–H and O–H groups in total. The average Bonchev–Trinajstić information content (AvgIpc) is 3.16. The highest BCUT2D eigenvalue weighted by atomic mass is 16.7. The zero-order valence-corrected chi connectivity index (χ0v) is 26.9. The maximum Gasteiger partial charge on any atom is 0.343 e. The molecule has 0 saturated carbocycles. The summed E-state index contributed by atoms with van der Waals surface area (Å²) < 4.78 is 41.8. The van der Waals surface area contributed by atoms with Crippen LogP contribution in [0.15, 0.2) is 129 Å². The molecule has 13 nitrogen and oxygen atoms in total. The summed E-state index contributed by atoms with van der Waals surface area (Å²) in [5.74, 6) is -2.51. The van der Waals surface area contributed by atoms with Crippen molar-refractivity contribution < 1.29 is 61.9 Å². The van der Waals surface area contributed by atoms with E-state index in [0.29, 0.717) is 28.4 Å². The molecule has 4 rings (SSSR count). The van der Waals surface area contributed by atoms with Gasteiger partial charge >= 0.3 is 29.8 Å². The van der Waals surface area contributed by atoms with Crippen molar-refractivity contribution in [2.75, 3.05) is 20.4 Å². The molecular weight excluding hydrogens is 664 g/mol. The Labute approximate surface area is 291 Å². The Morgan fingerprint density at radius 1 is 0.451 bits per heavy atom. The quantitative estimate of drug-likeness (QED) is 0.0418. The van der Waals surface area contributed by atoms with Gasteiger partial charge in [0, 0.05) is 18.2 Å². The first-order valence-corrected chi connectivity index (χ1v) is 14.8. The summed E-state index contributed by atoms with van der Waals surface area (Å²) in [5, 5.41) is 0. The molecule has 0 unspecified atom stereocenters. The van der Waals surface area contributed by atoms with Crippen LogP contribution in [-0.2, 0) is 28.6 Å². The van der Waals surface area contributed by atoms with E-state index in [2.05, 4.69) is 19.7 Å². The fourth-order valence-electron chi connectivity index (χ4n) is 3.93. The highest BCUT2D eigenvalue weighted by Crippen LogP contribution is 2.35. The van der Waals surface area contributed by atoms with Gasteiger partial charge in [-0.3, -0.25) is 0 Å². The van der Waals surface area contributed by atoms with Gasteiger partial charge in [0.25, 0.3) is 0 Å². The second-order valence-electron chi connectivity index (χ2n) is 9.80. The molecule has 13 heteroatoms.